The van der Waals surface area contributed by atoms with E-state index in [1.54, 1.807) is 6.08 Å². The van der Waals surface area contributed by atoms with Gasteiger partial charge in [0.2, 0.25) is 5.91 Å². The van der Waals surface area contributed by atoms with Crippen molar-refractivity contribution in [1.29, 1.82) is 0 Å². The molecule has 1 amide bonds. The summed E-state index contributed by atoms with van der Waals surface area (Å²) in [5.41, 5.74) is 0. The molecule has 0 heterocycles. The molecule has 0 aliphatic heterocycles. The molecule has 0 aliphatic carbocycles. The summed E-state index contributed by atoms with van der Waals surface area (Å²) in [6, 6.07) is -0.634. The van der Waals surface area contributed by atoms with Crippen molar-refractivity contribution in [3.63, 3.8) is 0 Å². The Labute approximate surface area is 437 Å². The van der Waals surface area contributed by atoms with Gasteiger partial charge < -0.3 is 20.3 Å². The lowest BCUT2D eigenvalue weighted by Crippen LogP contribution is -2.45. The number of hydrogen-bond acceptors (Lipinski definition) is 5. The van der Waals surface area contributed by atoms with Crippen molar-refractivity contribution in [3.8, 4) is 0 Å². The molecule has 2 unspecified atom stereocenters. The van der Waals surface area contributed by atoms with E-state index in [1.165, 1.54) is 276 Å². The van der Waals surface area contributed by atoms with Crippen LogP contribution in [0.4, 0.5) is 0 Å². The Morgan fingerprint density at radius 3 is 1.01 bits per heavy atom. The fourth-order valence-corrected chi connectivity index (χ4v) is 9.87. The van der Waals surface area contributed by atoms with Gasteiger partial charge in [-0.15, -0.1) is 0 Å². The van der Waals surface area contributed by atoms with Crippen molar-refractivity contribution in [3.05, 3.63) is 24.3 Å². The molecule has 0 aromatic rings. The Hall–Kier alpha value is -1.66. The lowest BCUT2D eigenvalue weighted by atomic mass is 10.0. The highest BCUT2D eigenvalue weighted by Crippen LogP contribution is 2.17. The molecule has 2 atom stereocenters. The topological polar surface area (TPSA) is 95.9 Å². The van der Waals surface area contributed by atoms with Crippen molar-refractivity contribution >= 4 is 11.9 Å². The summed E-state index contributed by atoms with van der Waals surface area (Å²) >= 11 is 0. The quantitative estimate of drug-likeness (QED) is 0.0321. The third-order valence-corrected chi connectivity index (χ3v) is 14.7. The van der Waals surface area contributed by atoms with Crippen molar-refractivity contribution in [1.82, 2.24) is 5.32 Å². The number of hydrogen-bond donors (Lipinski definition) is 3. The molecule has 6 nitrogen and oxygen atoms in total. The van der Waals surface area contributed by atoms with Gasteiger partial charge in [-0.3, -0.25) is 9.59 Å². The van der Waals surface area contributed by atoms with Gasteiger partial charge in [-0.1, -0.05) is 301 Å². The summed E-state index contributed by atoms with van der Waals surface area (Å²) in [4.78, 5) is 24.6. The van der Waals surface area contributed by atoms with Crippen molar-refractivity contribution < 1.29 is 24.5 Å². The highest BCUT2D eigenvalue weighted by molar-refractivity contribution is 5.76. The number of amides is 1. The maximum atomic E-state index is 12.5. The summed E-state index contributed by atoms with van der Waals surface area (Å²) in [7, 11) is 0. The van der Waals surface area contributed by atoms with Gasteiger partial charge in [-0.05, 0) is 57.8 Å². The van der Waals surface area contributed by atoms with E-state index in [1.807, 2.05) is 6.08 Å². The predicted molar refractivity (Wildman–Crippen MR) is 306 cm³/mol. The van der Waals surface area contributed by atoms with Gasteiger partial charge in [0.15, 0.2) is 0 Å². The number of rotatable bonds is 59. The number of esters is 1. The van der Waals surface area contributed by atoms with Crippen LogP contribution in [0.3, 0.4) is 0 Å². The van der Waals surface area contributed by atoms with E-state index < -0.39 is 12.1 Å². The molecular formula is C64H123NO5. The zero-order valence-corrected chi connectivity index (χ0v) is 47.3. The SMILES string of the molecule is CCCCCCCCCCCCCCC/C=C/C(O)C(CO)NC(=O)CCCCCCCCC/C=C\CCCCCCCCCCCOC(=O)CCCCCCCCCCCCCCCCCCCC. The van der Waals surface area contributed by atoms with E-state index in [0.717, 1.165) is 44.9 Å². The Morgan fingerprint density at radius 1 is 0.386 bits per heavy atom. The van der Waals surface area contributed by atoms with E-state index in [-0.39, 0.29) is 18.5 Å². The van der Waals surface area contributed by atoms with Crippen LogP contribution in [0, 0.1) is 0 Å². The third kappa shape index (κ3) is 55.7. The van der Waals surface area contributed by atoms with E-state index in [9.17, 15) is 19.8 Å². The number of ether oxygens (including phenoxy) is 1. The number of unbranched alkanes of at least 4 members (excludes halogenated alkanes) is 46. The van der Waals surface area contributed by atoms with Crippen LogP contribution in [0.15, 0.2) is 24.3 Å². The van der Waals surface area contributed by atoms with E-state index in [2.05, 4.69) is 31.3 Å². The van der Waals surface area contributed by atoms with Crippen LogP contribution >= 0.6 is 0 Å². The van der Waals surface area contributed by atoms with Gasteiger partial charge >= 0.3 is 5.97 Å². The number of aliphatic hydroxyl groups excluding tert-OH is 2. The largest absolute Gasteiger partial charge is 0.466 e. The molecule has 0 aliphatic rings. The van der Waals surface area contributed by atoms with Crippen LogP contribution in [-0.4, -0.2) is 47.4 Å². The normalized spacial score (nSPS) is 12.7. The summed E-state index contributed by atoms with van der Waals surface area (Å²) in [6.45, 7) is 4.92. The first-order valence-corrected chi connectivity index (χ1v) is 31.6. The molecule has 0 aromatic carbocycles. The average Bonchev–Trinajstić information content (AvgIpc) is 3.36. The van der Waals surface area contributed by atoms with Gasteiger partial charge in [0, 0.05) is 12.8 Å². The van der Waals surface area contributed by atoms with Crippen LogP contribution in [-0.2, 0) is 14.3 Å². The van der Waals surface area contributed by atoms with E-state index >= 15 is 0 Å². The lowest BCUT2D eigenvalue weighted by molar-refractivity contribution is -0.143. The Bertz CT molecular complexity index is 1090. The number of nitrogens with one attached hydrogen (secondary N) is 1. The van der Waals surface area contributed by atoms with Gasteiger partial charge in [0.25, 0.3) is 0 Å². The molecule has 0 saturated carbocycles. The third-order valence-electron chi connectivity index (χ3n) is 14.7. The average molecular weight is 987 g/mol. The first kappa shape index (κ1) is 68.3. The molecule has 70 heavy (non-hydrogen) atoms. The first-order chi connectivity index (χ1) is 34.5. The molecule has 0 rings (SSSR count). The minimum Gasteiger partial charge on any atom is -0.466 e. The molecule has 6 heteroatoms. The first-order valence-electron chi connectivity index (χ1n) is 31.6. The molecule has 3 N–H and O–H groups in total. The van der Waals surface area contributed by atoms with Crippen LogP contribution in [0.25, 0.3) is 0 Å². The molecular weight excluding hydrogens is 863 g/mol. The fourth-order valence-electron chi connectivity index (χ4n) is 9.87. The monoisotopic (exact) mass is 986 g/mol. The Balaban J connectivity index is 3.42. The summed E-state index contributed by atoms with van der Waals surface area (Å²) in [6.07, 6.45) is 73.6. The van der Waals surface area contributed by atoms with Crippen molar-refractivity contribution in [2.75, 3.05) is 13.2 Å². The predicted octanol–water partition coefficient (Wildman–Crippen LogP) is 19.8. The number of carbonyl (C=O) groups is 2. The molecule has 0 aromatic heterocycles. The number of aliphatic hydroxyl groups is 2. The zero-order chi connectivity index (χ0) is 50.7. The van der Waals surface area contributed by atoms with Gasteiger partial charge in [-0.2, -0.15) is 0 Å². The van der Waals surface area contributed by atoms with Gasteiger partial charge in [0.05, 0.1) is 25.4 Å². The van der Waals surface area contributed by atoms with Gasteiger partial charge in [-0.25, -0.2) is 0 Å². The van der Waals surface area contributed by atoms with Crippen molar-refractivity contribution in [2.45, 2.75) is 360 Å². The second-order valence-electron chi connectivity index (χ2n) is 21.7. The molecule has 414 valence electrons. The minimum absolute atomic E-state index is 0.0103. The maximum Gasteiger partial charge on any atom is 0.305 e. The number of allylic oxidation sites excluding steroid dienone is 3. The maximum absolute atomic E-state index is 12.5. The second-order valence-corrected chi connectivity index (χ2v) is 21.7. The van der Waals surface area contributed by atoms with Crippen molar-refractivity contribution in [2.24, 2.45) is 0 Å². The standard InChI is InChI=1S/C64H123NO5/c1-3-5-7-9-11-13-15-17-19-20-26-30-34-38-42-46-50-54-58-64(69)70-59-55-51-47-43-39-35-31-27-24-22-21-23-25-29-33-37-41-45-49-53-57-63(68)65-61(60-66)62(67)56-52-48-44-40-36-32-28-18-16-14-12-10-8-6-4-2/h21,23,52,56,61-62,66-67H,3-20,22,24-51,53-55,57-60H2,1-2H3,(H,65,68)/b23-21-,56-52+. The minimum atomic E-state index is -0.849. The Morgan fingerprint density at radius 2 is 0.671 bits per heavy atom. The fraction of sp³-hybridized carbons (Fsp3) is 0.906. The van der Waals surface area contributed by atoms with E-state index in [0.29, 0.717) is 19.4 Å². The summed E-state index contributed by atoms with van der Waals surface area (Å²) in [5.74, 6) is -0.0646. The molecule has 0 fully saturated rings. The molecule has 0 saturated heterocycles. The molecule has 0 radical (unpaired) electrons. The second kappa shape index (κ2) is 59.9. The van der Waals surface area contributed by atoms with Crippen LogP contribution in [0.5, 0.6) is 0 Å². The summed E-state index contributed by atoms with van der Waals surface area (Å²) < 4.78 is 5.50. The molecule has 0 spiro atoms. The van der Waals surface area contributed by atoms with Crippen LogP contribution < -0.4 is 5.32 Å². The lowest BCUT2D eigenvalue weighted by Gasteiger charge is -2.20. The van der Waals surface area contributed by atoms with Gasteiger partial charge in [0.1, 0.15) is 0 Å². The van der Waals surface area contributed by atoms with Crippen LogP contribution in [0.2, 0.25) is 0 Å². The number of carbonyl (C=O) groups excluding carboxylic acids is 2. The van der Waals surface area contributed by atoms with E-state index in [4.69, 9.17) is 4.74 Å². The smallest absolute Gasteiger partial charge is 0.305 e. The zero-order valence-electron chi connectivity index (χ0n) is 47.3. The molecule has 0 bridgehead atoms. The highest BCUT2D eigenvalue weighted by Gasteiger charge is 2.18. The summed E-state index contributed by atoms with van der Waals surface area (Å²) in [5, 5.41) is 23.1. The van der Waals surface area contributed by atoms with Crippen LogP contribution in [0.1, 0.15) is 348 Å². The highest BCUT2D eigenvalue weighted by atomic mass is 16.5. The Kier molecular flexibility index (Phi) is 58.5.